The van der Waals surface area contributed by atoms with Crippen molar-refractivity contribution in [1.29, 1.82) is 0 Å². The van der Waals surface area contributed by atoms with Gasteiger partial charge in [-0.15, -0.1) is 0 Å². The molecule has 3 heteroatoms. The fraction of sp³-hybridized carbons (Fsp3) is 0.182. The van der Waals surface area contributed by atoms with Gasteiger partial charge in [-0.2, -0.15) is 12.6 Å². The van der Waals surface area contributed by atoms with Gasteiger partial charge < -0.3 is 0 Å². The van der Waals surface area contributed by atoms with Crippen molar-refractivity contribution in [3.8, 4) is 11.8 Å². The van der Waals surface area contributed by atoms with E-state index in [1.807, 2.05) is 0 Å². The molecule has 0 unspecified atom stereocenters. The topological polar surface area (TPSA) is 17.1 Å². The lowest BCUT2D eigenvalue weighted by Crippen LogP contribution is -1.96. The summed E-state index contributed by atoms with van der Waals surface area (Å²) in [6.07, 6.45) is 0.491. The molecule has 14 heavy (non-hydrogen) atoms. The van der Waals surface area contributed by atoms with Crippen LogP contribution in [0.3, 0.4) is 0 Å². The van der Waals surface area contributed by atoms with Gasteiger partial charge in [0, 0.05) is 5.56 Å². The van der Waals surface area contributed by atoms with E-state index in [2.05, 4.69) is 24.5 Å². The summed E-state index contributed by atoms with van der Waals surface area (Å²) < 4.78 is 13.1. The maximum atomic E-state index is 13.1. The van der Waals surface area contributed by atoms with Crippen LogP contribution in [-0.4, -0.2) is 12.0 Å². The Morgan fingerprint density at radius 2 is 2.29 bits per heavy atom. The van der Waals surface area contributed by atoms with E-state index >= 15 is 0 Å². The van der Waals surface area contributed by atoms with Crippen LogP contribution in [0, 0.1) is 24.6 Å². The van der Waals surface area contributed by atoms with Gasteiger partial charge in [0.2, 0.25) is 0 Å². The van der Waals surface area contributed by atoms with E-state index < -0.39 is 5.82 Å². The Morgan fingerprint density at radius 3 is 2.86 bits per heavy atom. The molecule has 1 nitrogen and oxygen atoms in total. The minimum Gasteiger partial charge on any atom is -0.298 e. The molecule has 1 aromatic rings. The lowest BCUT2D eigenvalue weighted by Gasteiger charge is -2.02. The van der Waals surface area contributed by atoms with Crippen molar-refractivity contribution >= 4 is 18.9 Å². The quantitative estimate of drug-likeness (QED) is 0.425. The second-order valence-corrected chi connectivity index (χ2v) is 3.05. The largest absolute Gasteiger partial charge is 0.298 e. The van der Waals surface area contributed by atoms with Crippen molar-refractivity contribution in [3.05, 3.63) is 34.6 Å². The van der Waals surface area contributed by atoms with Gasteiger partial charge in [-0.05, 0) is 18.6 Å². The van der Waals surface area contributed by atoms with E-state index in [1.54, 1.807) is 13.0 Å². The average Bonchev–Trinajstić information content (AvgIpc) is 2.19. The number of halogens is 1. The molecule has 0 aliphatic rings. The zero-order valence-corrected chi connectivity index (χ0v) is 8.57. The van der Waals surface area contributed by atoms with Gasteiger partial charge >= 0.3 is 0 Å². The van der Waals surface area contributed by atoms with Gasteiger partial charge in [0.15, 0.2) is 6.29 Å². The Morgan fingerprint density at radius 1 is 1.57 bits per heavy atom. The first kappa shape index (κ1) is 10.8. The van der Waals surface area contributed by atoms with Crippen molar-refractivity contribution in [2.75, 3.05) is 5.75 Å². The van der Waals surface area contributed by atoms with E-state index in [4.69, 9.17) is 0 Å². The maximum Gasteiger partial charge on any atom is 0.154 e. The highest BCUT2D eigenvalue weighted by atomic mass is 32.1. The van der Waals surface area contributed by atoms with Gasteiger partial charge in [0.25, 0.3) is 0 Å². The van der Waals surface area contributed by atoms with Crippen LogP contribution in [0.2, 0.25) is 0 Å². The summed E-state index contributed by atoms with van der Waals surface area (Å²) in [6.45, 7) is 1.79. The molecule has 0 fully saturated rings. The molecule has 0 atom stereocenters. The predicted molar refractivity (Wildman–Crippen MR) is 57.3 cm³/mol. The van der Waals surface area contributed by atoms with E-state index in [0.29, 0.717) is 17.6 Å². The summed E-state index contributed by atoms with van der Waals surface area (Å²) in [7, 11) is 0. The molecule has 0 saturated carbocycles. The number of aldehydes is 1. The zero-order valence-electron chi connectivity index (χ0n) is 7.67. The van der Waals surface area contributed by atoms with Crippen LogP contribution < -0.4 is 0 Å². The summed E-state index contributed by atoms with van der Waals surface area (Å²) in [5.41, 5.74) is 1.27. The normalized spacial score (nSPS) is 9.07. The van der Waals surface area contributed by atoms with Crippen molar-refractivity contribution in [2.24, 2.45) is 0 Å². The first-order valence-electron chi connectivity index (χ1n) is 4.04. The molecule has 0 amide bonds. The summed E-state index contributed by atoms with van der Waals surface area (Å²) in [5, 5.41) is 0. The van der Waals surface area contributed by atoms with Crippen LogP contribution in [0.1, 0.15) is 21.5 Å². The number of thiol groups is 1. The number of carbonyl (C=O) groups excluding carboxylic acids is 1. The van der Waals surface area contributed by atoms with E-state index in [1.165, 1.54) is 6.07 Å². The van der Waals surface area contributed by atoms with E-state index in [0.717, 1.165) is 5.56 Å². The van der Waals surface area contributed by atoms with Crippen molar-refractivity contribution < 1.29 is 9.18 Å². The number of rotatable bonds is 1. The Balaban J connectivity index is 3.37. The van der Waals surface area contributed by atoms with Crippen molar-refractivity contribution in [3.63, 3.8) is 0 Å². The Labute approximate surface area is 87.7 Å². The molecule has 0 bridgehead atoms. The number of aryl methyl sites for hydroxylation is 1. The van der Waals surface area contributed by atoms with Crippen LogP contribution in [0.4, 0.5) is 4.39 Å². The van der Waals surface area contributed by atoms with Crippen LogP contribution in [0.15, 0.2) is 12.1 Å². The lowest BCUT2D eigenvalue weighted by atomic mass is 10.0. The van der Waals surface area contributed by atoms with Crippen LogP contribution in [0.25, 0.3) is 0 Å². The number of hydrogen-bond acceptors (Lipinski definition) is 2. The molecule has 0 aromatic heterocycles. The van der Waals surface area contributed by atoms with Crippen molar-refractivity contribution in [1.82, 2.24) is 0 Å². The Hall–Kier alpha value is -1.27. The summed E-state index contributed by atoms with van der Waals surface area (Å²) in [6, 6.07) is 2.87. The van der Waals surface area contributed by atoms with E-state index in [9.17, 15) is 9.18 Å². The molecule has 72 valence electrons. The van der Waals surface area contributed by atoms with Gasteiger partial charge in [0.05, 0.1) is 11.3 Å². The van der Waals surface area contributed by atoms with Crippen molar-refractivity contribution in [2.45, 2.75) is 6.92 Å². The fourth-order valence-electron chi connectivity index (χ4n) is 1.11. The monoisotopic (exact) mass is 208 g/mol. The summed E-state index contributed by atoms with van der Waals surface area (Å²) in [5.74, 6) is 5.27. The smallest absolute Gasteiger partial charge is 0.154 e. The third-order valence-corrected chi connectivity index (χ3v) is 1.97. The van der Waals surface area contributed by atoms with Gasteiger partial charge in [-0.3, -0.25) is 4.79 Å². The highest BCUT2D eigenvalue weighted by Crippen LogP contribution is 2.14. The molecule has 0 saturated heterocycles. The molecule has 0 radical (unpaired) electrons. The second-order valence-electron chi connectivity index (χ2n) is 2.73. The summed E-state index contributed by atoms with van der Waals surface area (Å²) >= 11 is 3.92. The minimum absolute atomic E-state index is 0.0271. The van der Waals surface area contributed by atoms with Gasteiger partial charge in [-0.1, -0.05) is 17.9 Å². The maximum absolute atomic E-state index is 13.1. The van der Waals surface area contributed by atoms with Crippen LogP contribution >= 0.6 is 12.6 Å². The molecule has 0 heterocycles. The minimum atomic E-state index is -0.533. The highest BCUT2D eigenvalue weighted by Gasteiger charge is 2.08. The number of benzene rings is 1. The van der Waals surface area contributed by atoms with Gasteiger partial charge in [0.1, 0.15) is 5.82 Å². The Kier molecular flexibility index (Phi) is 3.73. The number of hydrogen-bond donors (Lipinski definition) is 1. The van der Waals surface area contributed by atoms with Crippen LogP contribution in [0.5, 0.6) is 0 Å². The van der Waals surface area contributed by atoms with Crippen LogP contribution in [-0.2, 0) is 0 Å². The Bertz CT molecular complexity index is 415. The second kappa shape index (κ2) is 4.83. The fourth-order valence-corrected chi connectivity index (χ4v) is 1.19. The van der Waals surface area contributed by atoms with Gasteiger partial charge in [-0.25, -0.2) is 4.39 Å². The molecule has 0 aliphatic heterocycles. The third-order valence-electron chi connectivity index (χ3n) is 1.81. The standard InChI is InChI=1S/C11H9FOS/c1-8-4-5-11(12)10(7-13)9(8)3-2-6-14/h4-5,7,14H,6H2,1H3. The molecular weight excluding hydrogens is 199 g/mol. The molecule has 0 spiro atoms. The molecule has 0 N–H and O–H groups in total. The molecule has 1 rings (SSSR count). The number of carbonyl (C=O) groups is 1. The SMILES string of the molecule is Cc1ccc(F)c(C=O)c1C#CCS. The lowest BCUT2D eigenvalue weighted by molar-refractivity contribution is 0.111. The highest BCUT2D eigenvalue weighted by molar-refractivity contribution is 7.80. The molecule has 0 aliphatic carbocycles. The molecule has 1 aromatic carbocycles. The first-order chi connectivity index (χ1) is 6.70. The average molecular weight is 208 g/mol. The summed E-state index contributed by atoms with van der Waals surface area (Å²) in [4.78, 5) is 10.6. The first-order valence-corrected chi connectivity index (χ1v) is 4.68. The zero-order chi connectivity index (χ0) is 10.6. The van der Waals surface area contributed by atoms with E-state index in [-0.39, 0.29) is 5.56 Å². The molecular formula is C11H9FOS. The predicted octanol–water partition coefficient (Wildman–Crippen LogP) is 2.23. The third kappa shape index (κ3) is 2.15.